The Morgan fingerprint density at radius 2 is 1.16 bits per heavy atom. The normalized spacial score (nSPS) is 24.1. The van der Waals surface area contributed by atoms with E-state index in [1.165, 1.54) is 0 Å². The first-order valence-electron chi connectivity index (χ1n) is 12.0. The highest BCUT2D eigenvalue weighted by molar-refractivity contribution is 7.86. The molecule has 8 nitrogen and oxygen atoms in total. The predicted molar refractivity (Wildman–Crippen MR) is 137 cm³/mol. The van der Waals surface area contributed by atoms with Crippen LogP contribution in [0.2, 0.25) is 0 Å². The zero-order valence-corrected chi connectivity index (χ0v) is 21.4. The minimum atomic E-state index is -3.94. The average Bonchev–Trinajstić information content (AvgIpc) is 2.89. The topological polar surface area (TPSA) is 101 Å². The molecule has 5 atom stereocenters. The Kier molecular flexibility index (Phi) is 9.81. The molecule has 0 unspecified atom stereocenters. The van der Waals surface area contributed by atoms with Gasteiger partial charge in [0.2, 0.25) is 0 Å². The van der Waals surface area contributed by atoms with Crippen molar-refractivity contribution >= 4 is 10.1 Å². The minimum Gasteiger partial charge on any atom is -0.374 e. The quantitative estimate of drug-likeness (QED) is 0.357. The monoisotopic (exact) mass is 528 g/mol. The Balaban J connectivity index is 1.56. The van der Waals surface area contributed by atoms with Crippen LogP contribution in [-0.2, 0) is 53.1 Å². The summed E-state index contributed by atoms with van der Waals surface area (Å²) >= 11 is 0. The van der Waals surface area contributed by atoms with Crippen LogP contribution in [0, 0.1) is 0 Å². The Labute approximate surface area is 217 Å². The van der Waals surface area contributed by atoms with Crippen LogP contribution in [-0.4, -0.2) is 57.1 Å². The van der Waals surface area contributed by atoms with E-state index in [9.17, 15) is 13.5 Å². The van der Waals surface area contributed by atoms with Gasteiger partial charge in [0.05, 0.1) is 32.7 Å². The van der Waals surface area contributed by atoms with Crippen molar-refractivity contribution in [3.8, 4) is 0 Å². The molecule has 3 aromatic carbocycles. The van der Waals surface area contributed by atoms with E-state index in [-0.39, 0.29) is 19.8 Å². The van der Waals surface area contributed by atoms with Crippen molar-refractivity contribution in [3.05, 3.63) is 108 Å². The van der Waals surface area contributed by atoms with Gasteiger partial charge in [0, 0.05) is 0 Å². The van der Waals surface area contributed by atoms with E-state index < -0.39 is 40.8 Å². The SMILES string of the molecule is CS(=O)(=O)O[C@@H]1[C@@H](OCc2ccccc2)[C@@H](OCc2ccccc2)[C@@H](COCc2ccccc2)O[C@H]1O. The largest absolute Gasteiger partial charge is 0.374 e. The van der Waals surface area contributed by atoms with Crippen LogP contribution in [0.15, 0.2) is 91.0 Å². The van der Waals surface area contributed by atoms with Gasteiger partial charge in [0.1, 0.15) is 18.3 Å². The summed E-state index contributed by atoms with van der Waals surface area (Å²) in [4.78, 5) is 0. The summed E-state index contributed by atoms with van der Waals surface area (Å²) in [7, 11) is -3.94. The van der Waals surface area contributed by atoms with Gasteiger partial charge in [-0.3, -0.25) is 4.18 Å². The molecule has 4 rings (SSSR count). The summed E-state index contributed by atoms with van der Waals surface area (Å²) in [5, 5.41) is 10.8. The lowest BCUT2D eigenvalue weighted by molar-refractivity contribution is -0.301. The Bertz CT molecular complexity index is 1170. The second kappa shape index (κ2) is 13.3. The summed E-state index contributed by atoms with van der Waals surface area (Å²) < 4.78 is 53.5. The van der Waals surface area contributed by atoms with Gasteiger partial charge in [-0.15, -0.1) is 0 Å². The molecule has 0 saturated carbocycles. The van der Waals surface area contributed by atoms with E-state index in [4.69, 9.17) is 23.1 Å². The molecule has 1 heterocycles. The first-order valence-corrected chi connectivity index (χ1v) is 13.9. The standard InChI is InChI=1S/C28H32O8S/c1-37(30,31)36-27-26(34-19-23-15-9-4-10-16-23)25(33-18-22-13-7-3-8-14-22)24(35-28(27)29)20-32-17-21-11-5-2-6-12-21/h2-16,24-29H,17-20H2,1H3/t24-,25+,26+,27-,28-/m1/s1. The summed E-state index contributed by atoms with van der Waals surface area (Å²) in [6, 6.07) is 28.7. The van der Waals surface area contributed by atoms with Crippen LogP contribution < -0.4 is 0 Å². The van der Waals surface area contributed by atoms with Crippen LogP contribution >= 0.6 is 0 Å². The number of aliphatic hydroxyl groups is 1. The molecule has 0 aliphatic carbocycles. The molecule has 1 N–H and O–H groups in total. The molecule has 0 spiro atoms. The maximum atomic E-state index is 12.1. The van der Waals surface area contributed by atoms with Crippen molar-refractivity contribution in [2.75, 3.05) is 12.9 Å². The highest BCUT2D eigenvalue weighted by Gasteiger charge is 2.49. The highest BCUT2D eigenvalue weighted by Crippen LogP contribution is 2.30. The molecule has 1 aliphatic heterocycles. The van der Waals surface area contributed by atoms with E-state index >= 15 is 0 Å². The van der Waals surface area contributed by atoms with E-state index in [1.807, 2.05) is 91.0 Å². The number of hydrogen-bond donors (Lipinski definition) is 1. The van der Waals surface area contributed by atoms with Gasteiger partial charge in [-0.1, -0.05) is 91.0 Å². The summed E-state index contributed by atoms with van der Waals surface area (Å²) in [5.41, 5.74) is 2.77. The zero-order chi connectivity index (χ0) is 26.1. The van der Waals surface area contributed by atoms with Crippen LogP contribution in [0.1, 0.15) is 16.7 Å². The van der Waals surface area contributed by atoms with Crippen molar-refractivity contribution in [1.82, 2.24) is 0 Å². The average molecular weight is 529 g/mol. The van der Waals surface area contributed by atoms with Gasteiger partial charge in [0.25, 0.3) is 10.1 Å². The van der Waals surface area contributed by atoms with Gasteiger partial charge >= 0.3 is 0 Å². The molecular weight excluding hydrogens is 496 g/mol. The van der Waals surface area contributed by atoms with Crippen molar-refractivity contribution in [1.29, 1.82) is 0 Å². The van der Waals surface area contributed by atoms with Crippen LogP contribution in [0.4, 0.5) is 0 Å². The van der Waals surface area contributed by atoms with Crippen molar-refractivity contribution in [3.63, 3.8) is 0 Å². The summed E-state index contributed by atoms with van der Waals surface area (Å²) in [6.07, 6.45) is -4.49. The second-order valence-corrected chi connectivity index (χ2v) is 10.5. The van der Waals surface area contributed by atoms with Gasteiger partial charge in [-0.2, -0.15) is 8.42 Å². The van der Waals surface area contributed by atoms with Crippen LogP contribution in [0.3, 0.4) is 0 Å². The number of rotatable bonds is 12. The van der Waals surface area contributed by atoms with E-state index in [2.05, 4.69) is 0 Å². The van der Waals surface area contributed by atoms with Crippen LogP contribution in [0.25, 0.3) is 0 Å². The lowest BCUT2D eigenvalue weighted by Crippen LogP contribution is -2.61. The molecule has 0 bridgehead atoms. The van der Waals surface area contributed by atoms with Gasteiger partial charge in [0.15, 0.2) is 12.4 Å². The summed E-state index contributed by atoms with van der Waals surface area (Å²) in [5.74, 6) is 0. The fourth-order valence-corrected chi connectivity index (χ4v) is 4.73. The second-order valence-electron chi connectivity index (χ2n) is 8.85. The van der Waals surface area contributed by atoms with E-state index in [0.717, 1.165) is 22.9 Å². The molecular formula is C28H32O8S. The van der Waals surface area contributed by atoms with Crippen molar-refractivity contribution in [2.24, 2.45) is 0 Å². The van der Waals surface area contributed by atoms with E-state index in [0.29, 0.717) is 6.61 Å². The number of ether oxygens (including phenoxy) is 4. The molecule has 1 saturated heterocycles. The Morgan fingerprint density at radius 1 is 0.703 bits per heavy atom. The van der Waals surface area contributed by atoms with Crippen molar-refractivity contribution in [2.45, 2.75) is 50.5 Å². The smallest absolute Gasteiger partial charge is 0.264 e. The van der Waals surface area contributed by atoms with Gasteiger partial charge in [-0.25, -0.2) is 0 Å². The molecule has 0 aromatic heterocycles. The summed E-state index contributed by atoms with van der Waals surface area (Å²) in [6.45, 7) is 0.796. The van der Waals surface area contributed by atoms with Gasteiger partial charge < -0.3 is 24.1 Å². The first kappa shape index (κ1) is 27.4. The molecule has 1 fully saturated rings. The number of aliphatic hydroxyl groups excluding tert-OH is 1. The Morgan fingerprint density at radius 3 is 1.65 bits per heavy atom. The molecule has 37 heavy (non-hydrogen) atoms. The first-order chi connectivity index (χ1) is 17.9. The third kappa shape index (κ3) is 8.44. The molecule has 9 heteroatoms. The van der Waals surface area contributed by atoms with Crippen molar-refractivity contribution < 1.29 is 36.7 Å². The molecule has 1 aliphatic rings. The maximum absolute atomic E-state index is 12.1. The minimum absolute atomic E-state index is 0.0855. The highest BCUT2D eigenvalue weighted by atomic mass is 32.2. The predicted octanol–water partition coefficient (Wildman–Crippen LogP) is 3.44. The fraction of sp³-hybridized carbons (Fsp3) is 0.357. The van der Waals surface area contributed by atoms with Crippen LogP contribution in [0.5, 0.6) is 0 Å². The number of benzene rings is 3. The molecule has 0 radical (unpaired) electrons. The maximum Gasteiger partial charge on any atom is 0.264 e. The van der Waals surface area contributed by atoms with Gasteiger partial charge in [-0.05, 0) is 16.7 Å². The lowest BCUT2D eigenvalue weighted by Gasteiger charge is -2.43. The van der Waals surface area contributed by atoms with E-state index in [1.54, 1.807) is 0 Å². The lowest BCUT2D eigenvalue weighted by atomic mass is 9.98. The fourth-order valence-electron chi connectivity index (χ4n) is 4.13. The third-order valence-electron chi connectivity index (χ3n) is 5.86. The number of hydrogen-bond acceptors (Lipinski definition) is 8. The zero-order valence-electron chi connectivity index (χ0n) is 20.6. The Hall–Kier alpha value is -2.63. The molecule has 198 valence electrons. The molecule has 0 amide bonds. The molecule has 3 aromatic rings. The third-order valence-corrected chi connectivity index (χ3v) is 6.43.